The molecule has 34 heavy (non-hydrogen) atoms. The average Bonchev–Trinajstić information content (AvgIpc) is 3.50. The number of hydrogen-bond donors (Lipinski definition) is 1. The van der Waals surface area contributed by atoms with Crippen LogP contribution in [0.2, 0.25) is 0 Å². The van der Waals surface area contributed by atoms with Crippen molar-refractivity contribution in [2.45, 2.75) is 25.8 Å². The van der Waals surface area contributed by atoms with Gasteiger partial charge in [0.2, 0.25) is 5.91 Å². The SMILES string of the molecule is CC[C@]1(C(=O)c2ccc(Br)cc2)[C@@H]2c3cc(Br)ccc3OC(=O)[C@]21C(=O)NCc1ccccc1. The Hall–Kier alpha value is -2.77. The van der Waals surface area contributed by atoms with Crippen molar-refractivity contribution in [3.05, 3.63) is 98.4 Å². The largest absolute Gasteiger partial charge is 0.425 e. The third-order valence-corrected chi connectivity index (χ3v) is 8.10. The van der Waals surface area contributed by atoms with Crippen molar-refractivity contribution in [1.82, 2.24) is 5.32 Å². The lowest BCUT2D eigenvalue weighted by atomic mass is 9.82. The Labute approximate surface area is 214 Å². The minimum atomic E-state index is -1.63. The maximum absolute atomic E-state index is 14.0. The fourth-order valence-electron chi connectivity index (χ4n) is 5.51. The Balaban J connectivity index is 1.62. The first-order valence-corrected chi connectivity index (χ1v) is 12.6. The van der Waals surface area contributed by atoms with E-state index in [9.17, 15) is 14.4 Å². The molecular weight excluding hydrogens is 562 g/mol. The van der Waals surface area contributed by atoms with E-state index in [0.29, 0.717) is 23.3 Å². The van der Waals surface area contributed by atoms with Gasteiger partial charge in [0, 0.05) is 32.5 Å². The second-order valence-electron chi connectivity index (χ2n) is 8.64. The van der Waals surface area contributed by atoms with Gasteiger partial charge in [-0.05, 0) is 42.3 Å². The van der Waals surface area contributed by atoms with Gasteiger partial charge >= 0.3 is 5.97 Å². The number of carbonyl (C=O) groups is 3. The van der Waals surface area contributed by atoms with E-state index < -0.39 is 28.6 Å². The third-order valence-electron chi connectivity index (χ3n) is 7.08. The minimum Gasteiger partial charge on any atom is -0.425 e. The minimum absolute atomic E-state index is 0.230. The third kappa shape index (κ3) is 3.21. The molecule has 2 aliphatic rings. The summed E-state index contributed by atoms with van der Waals surface area (Å²) in [5, 5.41) is 2.92. The molecule has 1 saturated carbocycles. The molecule has 5 rings (SSSR count). The van der Waals surface area contributed by atoms with E-state index in [4.69, 9.17) is 4.74 Å². The molecule has 7 heteroatoms. The van der Waals surface area contributed by atoms with Crippen molar-refractivity contribution in [2.24, 2.45) is 10.8 Å². The van der Waals surface area contributed by atoms with Crippen molar-refractivity contribution in [2.75, 3.05) is 0 Å². The predicted octanol–water partition coefficient (Wildman–Crippen LogP) is 5.81. The van der Waals surface area contributed by atoms with Crippen LogP contribution in [0, 0.1) is 10.8 Å². The number of hydrogen-bond acceptors (Lipinski definition) is 4. The quantitative estimate of drug-likeness (QED) is 0.172. The Kier molecular flexibility index (Phi) is 5.73. The van der Waals surface area contributed by atoms with Crippen molar-refractivity contribution >= 4 is 49.5 Å². The number of Topliss-reactive ketones (excluding diaryl/α,β-unsaturated/α-hetero) is 1. The van der Waals surface area contributed by atoms with E-state index in [1.165, 1.54) is 0 Å². The van der Waals surface area contributed by atoms with Crippen LogP contribution in [0.3, 0.4) is 0 Å². The summed E-state index contributed by atoms with van der Waals surface area (Å²) in [6.45, 7) is 2.10. The summed E-state index contributed by atoms with van der Waals surface area (Å²) in [6.07, 6.45) is 0.312. The molecule has 0 radical (unpaired) electrons. The molecule has 3 aromatic carbocycles. The number of fused-ring (bicyclic) bond motifs is 3. The van der Waals surface area contributed by atoms with Gasteiger partial charge in [0.1, 0.15) is 5.75 Å². The first-order chi connectivity index (χ1) is 16.4. The van der Waals surface area contributed by atoms with Crippen LogP contribution in [-0.4, -0.2) is 17.7 Å². The molecule has 1 heterocycles. The Bertz CT molecular complexity index is 1310. The molecule has 1 N–H and O–H groups in total. The van der Waals surface area contributed by atoms with Gasteiger partial charge in [0.15, 0.2) is 11.2 Å². The molecule has 0 saturated heterocycles. The lowest BCUT2D eigenvalue weighted by Gasteiger charge is -2.24. The maximum Gasteiger partial charge on any atom is 0.328 e. The molecule has 1 fully saturated rings. The van der Waals surface area contributed by atoms with Crippen LogP contribution in [0.25, 0.3) is 0 Å². The molecule has 0 spiro atoms. The number of halogens is 2. The van der Waals surface area contributed by atoms with E-state index in [-0.39, 0.29) is 12.3 Å². The van der Waals surface area contributed by atoms with Gasteiger partial charge in [-0.15, -0.1) is 0 Å². The van der Waals surface area contributed by atoms with Gasteiger partial charge in [-0.1, -0.05) is 81.2 Å². The van der Waals surface area contributed by atoms with Crippen molar-refractivity contribution in [3.8, 4) is 5.75 Å². The molecular formula is C27H21Br2NO4. The highest BCUT2D eigenvalue weighted by Gasteiger charge is 2.89. The second-order valence-corrected chi connectivity index (χ2v) is 10.5. The number of amides is 1. The van der Waals surface area contributed by atoms with E-state index in [2.05, 4.69) is 37.2 Å². The number of esters is 1. The van der Waals surface area contributed by atoms with Crippen LogP contribution in [0.1, 0.15) is 40.7 Å². The highest BCUT2D eigenvalue weighted by molar-refractivity contribution is 9.10. The lowest BCUT2D eigenvalue weighted by Crippen LogP contribution is -2.45. The summed E-state index contributed by atoms with van der Waals surface area (Å²) in [5.41, 5.74) is -0.826. The van der Waals surface area contributed by atoms with Crippen molar-refractivity contribution in [1.29, 1.82) is 0 Å². The molecule has 1 aliphatic carbocycles. The topological polar surface area (TPSA) is 72.5 Å². The number of ether oxygens (including phenoxy) is 1. The summed E-state index contributed by atoms with van der Waals surface area (Å²) in [7, 11) is 0. The highest BCUT2D eigenvalue weighted by atomic mass is 79.9. The molecule has 3 atom stereocenters. The zero-order chi connectivity index (χ0) is 24.1. The number of rotatable bonds is 6. The van der Waals surface area contributed by atoms with Gasteiger partial charge in [-0.25, -0.2) is 0 Å². The van der Waals surface area contributed by atoms with E-state index in [1.54, 1.807) is 36.4 Å². The molecule has 5 nitrogen and oxygen atoms in total. The van der Waals surface area contributed by atoms with Crippen LogP contribution in [-0.2, 0) is 16.1 Å². The van der Waals surface area contributed by atoms with Gasteiger partial charge in [-0.2, -0.15) is 0 Å². The van der Waals surface area contributed by atoms with Crippen LogP contribution >= 0.6 is 31.9 Å². The Morgan fingerprint density at radius 3 is 2.32 bits per heavy atom. The summed E-state index contributed by atoms with van der Waals surface area (Å²) < 4.78 is 7.33. The maximum atomic E-state index is 14.0. The van der Waals surface area contributed by atoms with Gasteiger partial charge in [0.25, 0.3) is 0 Å². The lowest BCUT2D eigenvalue weighted by molar-refractivity contribution is -0.149. The summed E-state index contributed by atoms with van der Waals surface area (Å²) in [6, 6.07) is 21.8. The smallest absolute Gasteiger partial charge is 0.328 e. The predicted molar refractivity (Wildman–Crippen MR) is 134 cm³/mol. The highest BCUT2D eigenvalue weighted by Crippen LogP contribution is 2.80. The molecule has 0 aromatic heterocycles. The van der Waals surface area contributed by atoms with Gasteiger partial charge in [0.05, 0.1) is 5.41 Å². The zero-order valence-corrected chi connectivity index (χ0v) is 21.5. The normalized spacial score (nSPS) is 24.4. The summed E-state index contributed by atoms with van der Waals surface area (Å²) in [4.78, 5) is 41.4. The first-order valence-electron chi connectivity index (χ1n) is 11.0. The molecule has 172 valence electrons. The van der Waals surface area contributed by atoms with Crippen LogP contribution in [0.5, 0.6) is 5.75 Å². The average molecular weight is 583 g/mol. The van der Waals surface area contributed by atoms with E-state index in [0.717, 1.165) is 14.5 Å². The van der Waals surface area contributed by atoms with Crippen LogP contribution in [0.4, 0.5) is 0 Å². The zero-order valence-electron chi connectivity index (χ0n) is 18.3. The number of carbonyl (C=O) groups excluding carboxylic acids is 3. The van der Waals surface area contributed by atoms with Crippen LogP contribution < -0.4 is 10.1 Å². The standard InChI is InChI=1S/C27H21Br2NO4/c1-2-26(23(31)17-8-10-18(28)11-9-17)22-20-14-19(29)12-13-21(20)34-25(33)27(22,26)24(32)30-15-16-6-4-3-5-7-16/h3-14,22H,2,15H2,1H3,(H,30,32)/t22-,26+,27+/m0/s1. The fraction of sp³-hybridized carbons (Fsp3) is 0.222. The van der Waals surface area contributed by atoms with Crippen LogP contribution in [0.15, 0.2) is 81.7 Å². The van der Waals surface area contributed by atoms with E-state index in [1.807, 2.05) is 43.3 Å². The number of ketones is 1. The summed E-state index contributed by atoms with van der Waals surface area (Å²) in [5.74, 6) is -1.61. The second kappa shape index (κ2) is 8.47. The molecule has 0 bridgehead atoms. The van der Waals surface area contributed by atoms with E-state index >= 15 is 0 Å². The first kappa shape index (κ1) is 23.0. The Morgan fingerprint density at radius 2 is 1.65 bits per heavy atom. The fourth-order valence-corrected chi connectivity index (χ4v) is 6.15. The molecule has 1 amide bonds. The molecule has 0 unspecified atom stereocenters. The van der Waals surface area contributed by atoms with Crippen molar-refractivity contribution in [3.63, 3.8) is 0 Å². The van der Waals surface area contributed by atoms with Crippen molar-refractivity contribution < 1.29 is 19.1 Å². The molecule has 3 aromatic rings. The van der Waals surface area contributed by atoms with Gasteiger partial charge in [-0.3, -0.25) is 14.4 Å². The summed E-state index contributed by atoms with van der Waals surface area (Å²) >= 11 is 6.89. The molecule has 1 aliphatic heterocycles. The number of benzene rings is 3. The monoisotopic (exact) mass is 581 g/mol. The number of nitrogens with one attached hydrogen (secondary N) is 1. The Morgan fingerprint density at radius 1 is 0.971 bits per heavy atom. The van der Waals surface area contributed by atoms with Gasteiger partial charge < -0.3 is 10.1 Å².